The highest BCUT2D eigenvalue weighted by Gasteiger charge is 2.12. The zero-order chi connectivity index (χ0) is 14.7. The Morgan fingerprint density at radius 3 is 2.50 bits per heavy atom. The largest absolute Gasteiger partial charge is 0.399 e. The molecule has 0 saturated carbocycles. The fourth-order valence-corrected chi connectivity index (χ4v) is 2.50. The average Bonchev–Trinajstić information content (AvgIpc) is 2.38. The fraction of sp³-hybridized carbons (Fsp3) is 0.133. The Hall–Kier alpha value is -1.52. The second kappa shape index (κ2) is 6.29. The minimum atomic E-state index is -0.166. The van der Waals surface area contributed by atoms with Crippen molar-refractivity contribution in [3.63, 3.8) is 0 Å². The average molecular weight is 354 g/mol. The molecule has 3 nitrogen and oxygen atoms in total. The SMILES string of the molecule is C[C@@H](NC(=O)c1cc(N)cc(Br)c1)c1ccc(Cl)cc1. The Morgan fingerprint density at radius 2 is 1.90 bits per heavy atom. The van der Waals surface area contributed by atoms with Crippen molar-refractivity contribution in [2.24, 2.45) is 0 Å². The molecule has 2 aromatic carbocycles. The molecule has 2 rings (SSSR count). The van der Waals surface area contributed by atoms with E-state index in [0.29, 0.717) is 16.3 Å². The summed E-state index contributed by atoms with van der Waals surface area (Å²) in [5.74, 6) is -0.166. The molecule has 0 spiro atoms. The predicted molar refractivity (Wildman–Crippen MR) is 85.9 cm³/mol. The maximum absolute atomic E-state index is 12.2. The van der Waals surface area contributed by atoms with E-state index in [-0.39, 0.29) is 11.9 Å². The molecule has 0 heterocycles. The maximum atomic E-state index is 12.2. The monoisotopic (exact) mass is 352 g/mol. The summed E-state index contributed by atoms with van der Waals surface area (Å²) >= 11 is 9.17. The van der Waals surface area contributed by atoms with Gasteiger partial charge in [-0.3, -0.25) is 4.79 Å². The van der Waals surface area contributed by atoms with E-state index in [1.54, 1.807) is 30.3 Å². The Kier molecular flexibility index (Phi) is 4.68. The highest BCUT2D eigenvalue weighted by Crippen LogP contribution is 2.19. The van der Waals surface area contributed by atoms with Crippen LogP contribution in [-0.2, 0) is 0 Å². The first-order valence-electron chi connectivity index (χ1n) is 6.08. The van der Waals surface area contributed by atoms with Crippen molar-refractivity contribution in [1.29, 1.82) is 0 Å². The molecule has 0 fully saturated rings. The number of nitrogens with two attached hydrogens (primary N) is 1. The van der Waals surface area contributed by atoms with E-state index in [9.17, 15) is 4.79 Å². The van der Waals surface area contributed by atoms with Crippen LogP contribution in [-0.4, -0.2) is 5.91 Å². The number of benzene rings is 2. The van der Waals surface area contributed by atoms with Gasteiger partial charge in [0, 0.05) is 20.7 Å². The van der Waals surface area contributed by atoms with Crippen molar-refractivity contribution in [2.75, 3.05) is 5.73 Å². The van der Waals surface area contributed by atoms with Gasteiger partial charge in [0.15, 0.2) is 0 Å². The number of halogens is 2. The van der Waals surface area contributed by atoms with Gasteiger partial charge in [-0.25, -0.2) is 0 Å². The lowest BCUT2D eigenvalue weighted by molar-refractivity contribution is 0.0940. The maximum Gasteiger partial charge on any atom is 0.251 e. The number of nitrogens with one attached hydrogen (secondary N) is 1. The van der Waals surface area contributed by atoms with Crippen LogP contribution in [0.4, 0.5) is 5.69 Å². The van der Waals surface area contributed by atoms with E-state index in [1.165, 1.54) is 0 Å². The van der Waals surface area contributed by atoms with Crippen LogP contribution in [0.15, 0.2) is 46.9 Å². The third kappa shape index (κ3) is 3.74. The molecule has 104 valence electrons. The molecule has 0 bridgehead atoms. The molecule has 5 heteroatoms. The van der Waals surface area contributed by atoms with Gasteiger partial charge in [0.25, 0.3) is 5.91 Å². The minimum Gasteiger partial charge on any atom is -0.399 e. The molecule has 3 N–H and O–H groups in total. The first-order chi connectivity index (χ1) is 9.45. The number of hydrogen-bond acceptors (Lipinski definition) is 2. The minimum absolute atomic E-state index is 0.111. The first-order valence-corrected chi connectivity index (χ1v) is 7.25. The molecule has 1 atom stereocenters. The van der Waals surface area contributed by atoms with Crippen molar-refractivity contribution in [3.05, 3.63) is 63.1 Å². The van der Waals surface area contributed by atoms with Crippen LogP contribution in [0.1, 0.15) is 28.9 Å². The normalized spacial score (nSPS) is 11.9. The lowest BCUT2D eigenvalue weighted by atomic mass is 10.1. The van der Waals surface area contributed by atoms with E-state index in [2.05, 4.69) is 21.2 Å². The van der Waals surface area contributed by atoms with Crippen molar-refractivity contribution in [1.82, 2.24) is 5.32 Å². The van der Waals surface area contributed by atoms with Crippen LogP contribution in [0.2, 0.25) is 5.02 Å². The molecule has 0 saturated heterocycles. The molecule has 1 amide bonds. The van der Waals surface area contributed by atoms with Gasteiger partial charge in [0.05, 0.1) is 6.04 Å². The standard InChI is InChI=1S/C15H14BrClN2O/c1-9(10-2-4-13(17)5-3-10)19-15(20)11-6-12(16)8-14(18)7-11/h2-9H,18H2,1H3,(H,19,20)/t9-/m1/s1. The van der Waals surface area contributed by atoms with Gasteiger partial charge in [-0.2, -0.15) is 0 Å². The summed E-state index contributed by atoms with van der Waals surface area (Å²) in [7, 11) is 0. The van der Waals surface area contributed by atoms with Gasteiger partial charge in [-0.15, -0.1) is 0 Å². The van der Waals surface area contributed by atoms with E-state index < -0.39 is 0 Å². The summed E-state index contributed by atoms with van der Waals surface area (Å²) in [6.45, 7) is 1.92. The van der Waals surface area contributed by atoms with Crippen LogP contribution >= 0.6 is 27.5 Å². The van der Waals surface area contributed by atoms with Crippen LogP contribution in [0.5, 0.6) is 0 Å². The van der Waals surface area contributed by atoms with Gasteiger partial charge < -0.3 is 11.1 Å². The number of amides is 1. The number of hydrogen-bond donors (Lipinski definition) is 2. The van der Waals surface area contributed by atoms with Gasteiger partial charge in [-0.1, -0.05) is 39.7 Å². The summed E-state index contributed by atoms with van der Waals surface area (Å²) in [5, 5.41) is 3.60. The highest BCUT2D eigenvalue weighted by atomic mass is 79.9. The molecular formula is C15H14BrClN2O. The molecule has 0 unspecified atom stereocenters. The third-order valence-electron chi connectivity index (χ3n) is 2.90. The van der Waals surface area contributed by atoms with E-state index >= 15 is 0 Å². The number of carbonyl (C=O) groups is 1. The molecule has 20 heavy (non-hydrogen) atoms. The lowest BCUT2D eigenvalue weighted by Gasteiger charge is -2.15. The molecule has 0 aromatic heterocycles. The van der Waals surface area contributed by atoms with Crippen molar-refractivity contribution >= 4 is 39.1 Å². The van der Waals surface area contributed by atoms with Crippen molar-refractivity contribution in [2.45, 2.75) is 13.0 Å². The van der Waals surface area contributed by atoms with Crippen molar-refractivity contribution < 1.29 is 4.79 Å². The van der Waals surface area contributed by atoms with Gasteiger partial charge in [-0.05, 0) is 42.8 Å². The zero-order valence-electron chi connectivity index (χ0n) is 10.9. The molecule has 0 aliphatic heterocycles. The molecular weight excluding hydrogens is 340 g/mol. The molecule has 0 radical (unpaired) electrons. The summed E-state index contributed by atoms with van der Waals surface area (Å²) < 4.78 is 0.779. The summed E-state index contributed by atoms with van der Waals surface area (Å²) in [5.41, 5.74) is 7.79. The van der Waals surface area contributed by atoms with E-state index in [1.807, 2.05) is 19.1 Å². The predicted octanol–water partition coefficient (Wildman–Crippen LogP) is 4.18. The third-order valence-corrected chi connectivity index (χ3v) is 3.61. The number of nitrogen functional groups attached to an aromatic ring is 1. The van der Waals surface area contributed by atoms with E-state index in [0.717, 1.165) is 10.0 Å². The summed E-state index contributed by atoms with van der Waals surface area (Å²) in [6.07, 6.45) is 0. The number of carbonyl (C=O) groups excluding carboxylic acids is 1. The molecule has 2 aromatic rings. The second-order valence-electron chi connectivity index (χ2n) is 4.52. The van der Waals surface area contributed by atoms with Crippen LogP contribution in [0.25, 0.3) is 0 Å². The first kappa shape index (κ1) is 14.9. The quantitative estimate of drug-likeness (QED) is 0.813. The van der Waals surface area contributed by atoms with Gasteiger partial charge >= 0.3 is 0 Å². The van der Waals surface area contributed by atoms with Crippen LogP contribution in [0.3, 0.4) is 0 Å². The second-order valence-corrected chi connectivity index (χ2v) is 5.87. The van der Waals surface area contributed by atoms with Gasteiger partial charge in [0.1, 0.15) is 0 Å². The Bertz CT molecular complexity index is 608. The molecule has 0 aliphatic rings. The fourth-order valence-electron chi connectivity index (χ4n) is 1.86. The number of anilines is 1. The Labute approximate surface area is 131 Å². The van der Waals surface area contributed by atoms with Crippen LogP contribution in [0, 0.1) is 0 Å². The summed E-state index contributed by atoms with van der Waals surface area (Å²) in [6, 6.07) is 12.4. The zero-order valence-corrected chi connectivity index (χ0v) is 13.2. The Morgan fingerprint density at radius 1 is 1.25 bits per heavy atom. The smallest absolute Gasteiger partial charge is 0.251 e. The van der Waals surface area contributed by atoms with E-state index in [4.69, 9.17) is 17.3 Å². The highest BCUT2D eigenvalue weighted by molar-refractivity contribution is 9.10. The summed E-state index contributed by atoms with van der Waals surface area (Å²) in [4.78, 5) is 12.2. The van der Waals surface area contributed by atoms with Crippen molar-refractivity contribution in [3.8, 4) is 0 Å². The topological polar surface area (TPSA) is 55.1 Å². The molecule has 0 aliphatic carbocycles. The van der Waals surface area contributed by atoms with Gasteiger partial charge in [0.2, 0.25) is 0 Å². The lowest BCUT2D eigenvalue weighted by Crippen LogP contribution is -2.26. The Balaban J connectivity index is 2.12. The number of rotatable bonds is 3. The van der Waals surface area contributed by atoms with Crippen LogP contribution < -0.4 is 11.1 Å².